The van der Waals surface area contributed by atoms with Crippen molar-refractivity contribution in [1.29, 1.82) is 0 Å². The van der Waals surface area contributed by atoms with Gasteiger partial charge in [-0.2, -0.15) is 4.98 Å². The van der Waals surface area contributed by atoms with E-state index in [0.29, 0.717) is 17.8 Å². The number of thiocarbonyl (C=S) groups is 1. The molecule has 5 rings (SSSR count). The monoisotopic (exact) mass is 555 g/mol. The lowest BCUT2D eigenvalue weighted by atomic mass is 10.0. The van der Waals surface area contributed by atoms with Crippen LogP contribution in [-0.4, -0.2) is 50.5 Å². The lowest BCUT2D eigenvalue weighted by Crippen LogP contribution is -2.39. The number of nitrogens with zero attached hydrogens (tertiary/aromatic N) is 3. The molecule has 0 bridgehead atoms. The zero-order chi connectivity index (χ0) is 26.5. The molecule has 1 atom stereocenters. The Morgan fingerprint density at radius 3 is 2.70 bits per heavy atom. The molecule has 0 radical (unpaired) electrons. The molecule has 8 nitrogen and oxygen atoms in total. The van der Waals surface area contributed by atoms with Gasteiger partial charge in [-0.05, 0) is 54.7 Å². The van der Waals surface area contributed by atoms with Crippen LogP contribution in [0.2, 0.25) is 0 Å². The number of benzene rings is 1. The largest absolute Gasteiger partial charge is 0.438 e. The van der Waals surface area contributed by atoms with E-state index in [-0.39, 0.29) is 38.1 Å². The van der Waals surface area contributed by atoms with Crippen LogP contribution in [0, 0.1) is 6.92 Å². The van der Waals surface area contributed by atoms with E-state index in [1.54, 1.807) is 24.4 Å². The second-order valence-corrected chi connectivity index (χ2v) is 13.4. The molecule has 1 aromatic carbocycles. The minimum absolute atomic E-state index is 0.0242. The van der Waals surface area contributed by atoms with Gasteiger partial charge in [-0.3, -0.25) is 18.9 Å². The van der Waals surface area contributed by atoms with Crippen LogP contribution in [0.5, 0.6) is 11.6 Å². The summed E-state index contributed by atoms with van der Waals surface area (Å²) in [5, 5.41) is 0. The van der Waals surface area contributed by atoms with E-state index in [4.69, 9.17) is 17.0 Å². The van der Waals surface area contributed by atoms with E-state index in [0.717, 1.165) is 22.9 Å². The first-order valence-corrected chi connectivity index (χ1v) is 14.9. The molecular formula is C26H25N3O5S3. The average molecular weight is 556 g/mol. The molecule has 2 saturated heterocycles. The smallest absolute Gasteiger partial charge is 0.269 e. The fourth-order valence-corrected chi connectivity index (χ4v) is 7.58. The number of amides is 1. The fraction of sp³-hybridized carbons (Fsp3) is 0.308. The van der Waals surface area contributed by atoms with Gasteiger partial charge in [0.15, 0.2) is 9.84 Å². The Balaban J connectivity index is 1.61. The Hall–Kier alpha value is -3.02. The quantitative estimate of drug-likeness (QED) is 0.339. The van der Waals surface area contributed by atoms with Crippen molar-refractivity contribution in [1.82, 2.24) is 14.3 Å². The van der Waals surface area contributed by atoms with Crippen molar-refractivity contribution in [3.05, 3.63) is 74.5 Å². The molecule has 0 spiro atoms. The number of ether oxygens (including phenoxy) is 1. The van der Waals surface area contributed by atoms with E-state index in [9.17, 15) is 18.0 Å². The number of aromatic nitrogens is 2. The molecule has 0 aliphatic carbocycles. The van der Waals surface area contributed by atoms with Crippen molar-refractivity contribution in [3.8, 4) is 11.6 Å². The van der Waals surface area contributed by atoms with Crippen molar-refractivity contribution in [3.63, 3.8) is 0 Å². The Labute approximate surface area is 224 Å². The second kappa shape index (κ2) is 9.70. The molecule has 192 valence electrons. The number of pyridine rings is 1. The summed E-state index contributed by atoms with van der Waals surface area (Å²) in [5.41, 5.74) is 2.07. The zero-order valence-electron chi connectivity index (χ0n) is 20.5. The maximum atomic E-state index is 13.6. The van der Waals surface area contributed by atoms with Crippen LogP contribution in [0.15, 0.2) is 52.3 Å². The highest BCUT2D eigenvalue weighted by atomic mass is 32.2. The molecule has 0 N–H and O–H groups in total. The van der Waals surface area contributed by atoms with Crippen molar-refractivity contribution in [2.45, 2.75) is 39.2 Å². The maximum Gasteiger partial charge on any atom is 0.269 e. The molecule has 0 saturated carbocycles. The molecule has 3 aromatic rings. The molecule has 37 heavy (non-hydrogen) atoms. The van der Waals surface area contributed by atoms with Gasteiger partial charge in [0.05, 0.1) is 22.5 Å². The van der Waals surface area contributed by atoms with Crippen molar-refractivity contribution in [2.24, 2.45) is 0 Å². The number of carbonyl (C=O) groups excluding carboxylic acids is 1. The first-order chi connectivity index (χ1) is 17.5. The molecule has 11 heteroatoms. The summed E-state index contributed by atoms with van der Waals surface area (Å²) in [7, 11) is -3.21. The Morgan fingerprint density at radius 1 is 1.22 bits per heavy atom. The maximum absolute atomic E-state index is 13.6. The molecule has 2 fully saturated rings. The highest BCUT2D eigenvalue weighted by Gasteiger charge is 2.42. The van der Waals surface area contributed by atoms with Gasteiger partial charge in [-0.25, -0.2) is 8.42 Å². The summed E-state index contributed by atoms with van der Waals surface area (Å²) in [6, 6.07) is 10.6. The minimum atomic E-state index is -3.21. The average Bonchev–Trinajstić information content (AvgIpc) is 3.33. The Kier molecular flexibility index (Phi) is 6.71. The molecule has 1 amide bonds. The molecule has 2 aromatic heterocycles. The van der Waals surface area contributed by atoms with Crippen LogP contribution in [0.25, 0.3) is 11.7 Å². The topological polar surface area (TPSA) is 98.1 Å². The first kappa shape index (κ1) is 25.6. The van der Waals surface area contributed by atoms with Crippen molar-refractivity contribution in [2.75, 3.05) is 11.5 Å². The second-order valence-electron chi connectivity index (χ2n) is 9.47. The van der Waals surface area contributed by atoms with Gasteiger partial charge in [0.1, 0.15) is 21.3 Å². The highest BCUT2D eigenvalue weighted by molar-refractivity contribution is 8.26. The summed E-state index contributed by atoms with van der Waals surface area (Å²) in [5.74, 6) is 0.319. The third kappa shape index (κ3) is 4.95. The third-order valence-corrected chi connectivity index (χ3v) is 9.49. The highest BCUT2D eigenvalue weighted by Crippen LogP contribution is 2.38. The fourth-order valence-electron chi connectivity index (χ4n) is 4.50. The summed E-state index contributed by atoms with van der Waals surface area (Å²) >= 11 is 6.48. The van der Waals surface area contributed by atoms with Gasteiger partial charge in [-0.15, -0.1) is 0 Å². The Bertz CT molecular complexity index is 1640. The predicted molar refractivity (Wildman–Crippen MR) is 149 cm³/mol. The molecule has 2 aliphatic heterocycles. The molecule has 2 aliphatic rings. The van der Waals surface area contributed by atoms with E-state index < -0.39 is 27.3 Å². The minimum Gasteiger partial charge on any atom is -0.438 e. The van der Waals surface area contributed by atoms with Crippen molar-refractivity contribution < 1.29 is 17.9 Å². The Morgan fingerprint density at radius 2 is 2.00 bits per heavy atom. The standard InChI is InChI=1S/C26H25N3O5S3/c1-15(2)18-8-7-16(3)12-20(18)34-23-19(24(30)28-10-5-4-6-22(28)27-23)13-21-25(31)29(26(35)36-21)17-9-11-37(32,33)14-17/h4-8,10,12-13,15,17H,9,11,14H2,1-3H3/b21-13+. The number of aryl methyl sites for hydroxylation is 1. The summed E-state index contributed by atoms with van der Waals surface area (Å²) < 4.78 is 31.9. The SMILES string of the molecule is Cc1ccc(C(C)C)c(Oc2nc3ccccn3c(=O)c2/C=C2/SC(=S)N(C3CCS(=O)(=O)C3)C2=O)c1. The van der Waals surface area contributed by atoms with Crippen LogP contribution in [0.3, 0.4) is 0 Å². The number of carbonyl (C=O) groups is 1. The molecular weight excluding hydrogens is 531 g/mol. The lowest BCUT2D eigenvalue weighted by molar-refractivity contribution is -0.123. The van der Waals surface area contributed by atoms with E-state index in [2.05, 4.69) is 18.8 Å². The normalized spacial score (nSPS) is 20.5. The predicted octanol–water partition coefficient (Wildman–Crippen LogP) is 4.31. The first-order valence-electron chi connectivity index (χ1n) is 11.8. The van der Waals surface area contributed by atoms with E-state index in [1.807, 2.05) is 25.1 Å². The molecule has 4 heterocycles. The van der Waals surface area contributed by atoms with E-state index >= 15 is 0 Å². The third-order valence-electron chi connectivity index (χ3n) is 6.40. The summed E-state index contributed by atoms with van der Waals surface area (Å²) in [6.45, 7) is 6.06. The van der Waals surface area contributed by atoms with Gasteiger partial charge in [0.25, 0.3) is 11.5 Å². The lowest BCUT2D eigenvalue weighted by Gasteiger charge is -2.20. The van der Waals surface area contributed by atoms with Gasteiger partial charge < -0.3 is 4.74 Å². The van der Waals surface area contributed by atoms with Gasteiger partial charge in [0.2, 0.25) is 5.88 Å². The number of fused-ring (bicyclic) bond motifs is 1. The van der Waals surface area contributed by atoms with Crippen molar-refractivity contribution >= 4 is 55.8 Å². The molecule has 1 unspecified atom stereocenters. The van der Waals surface area contributed by atoms with Crippen LogP contribution in [0.4, 0.5) is 0 Å². The van der Waals surface area contributed by atoms with Crippen LogP contribution in [0.1, 0.15) is 42.9 Å². The summed E-state index contributed by atoms with van der Waals surface area (Å²) in [4.78, 5) is 33.1. The van der Waals surface area contributed by atoms with Crippen LogP contribution in [-0.2, 0) is 14.6 Å². The number of hydrogen-bond acceptors (Lipinski definition) is 8. The van der Waals surface area contributed by atoms with Crippen LogP contribution < -0.4 is 10.3 Å². The van der Waals surface area contributed by atoms with Crippen LogP contribution >= 0.6 is 24.0 Å². The zero-order valence-corrected chi connectivity index (χ0v) is 23.0. The van der Waals surface area contributed by atoms with Gasteiger partial charge in [0, 0.05) is 6.20 Å². The number of rotatable bonds is 5. The number of hydrogen-bond donors (Lipinski definition) is 0. The number of sulfone groups is 1. The number of thioether (sulfide) groups is 1. The van der Waals surface area contributed by atoms with Gasteiger partial charge >= 0.3 is 0 Å². The summed E-state index contributed by atoms with van der Waals surface area (Å²) in [6.07, 6.45) is 3.40. The van der Waals surface area contributed by atoms with Gasteiger partial charge in [-0.1, -0.05) is 56.0 Å². The van der Waals surface area contributed by atoms with E-state index in [1.165, 1.54) is 15.4 Å².